The van der Waals surface area contributed by atoms with Crippen LogP contribution in [0, 0.1) is 17.3 Å². The van der Waals surface area contributed by atoms with E-state index in [2.05, 4.69) is 5.32 Å². The molecule has 1 N–H and O–H groups in total. The van der Waals surface area contributed by atoms with Crippen molar-refractivity contribution in [3.63, 3.8) is 0 Å². The third-order valence-corrected chi connectivity index (χ3v) is 4.90. The Bertz CT molecular complexity index is 243. The van der Waals surface area contributed by atoms with Gasteiger partial charge in [0.05, 0.1) is 0 Å². The van der Waals surface area contributed by atoms with Crippen molar-refractivity contribution in [3.8, 4) is 0 Å². The molecule has 0 aromatic carbocycles. The van der Waals surface area contributed by atoms with Crippen LogP contribution in [0.3, 0.4) is 0 Å². The van der Waals surface area contributed by atoms with E-state index in [4.69, 9.17) is 0 Å². The van der Waals surface area contributed by atoms with Crippen molar-refractivity contribution in [2.24, 2.45) is 17.3 Å². The van der Waals surface area contributed by atoms with Crippen LogP contribution < -0.4 is 5.32 Å². The summed E-state index contributed by atoms with van der Waals surface area (Å²) >= 11 is 0. The zero-order valence-electron chi connectivity index (χ0n) is 8.72. The third kappa shape index (κ3) is 1.19. The molecule has 1 amide bonds. The van der Waals surface area contributed by atoms with Crippen molar-refractivity contribution in [2.75, 3.05) is 6.54 Å². The summed E-state index contributed by atoms with van der Waals surface area (Å²) in [5, 5.41) is 3.09. The summed E-state index contributed by atoms with van der Waals surface area (Å²) in [5.74, 6) is 2.18. The summed E-state index contributed by atoms with van der Waals surface area (Å²) < 4.78 is 0. The molecule has 1 heterocycles. The fourth-order valence-corrected chi connectivity index (χ4v) is 4.06. The van der Waals surface area contributed by atoms with E-state index in [-0.39, 0.29) is 5.91 Å². The van der Waals surface area contributed by atoms with Gasteiger partial charge in [-0.3, -0.25) is 4.79 Å². The third-order valence-electron chi connectivity index (χ3n) is 4.90. The second kappa shape index (κ2) is 2.98. The number of hydrogen-bond donors (Lipinski definition) is 1. The summed E-state index contributed by atoms with van der Waals surface area (Å²) in [6.45, 7) is 0.979. The zero-order valence-corrected chi connectivity index (χ0v) is 8.72. The maximum absolute atomic E-state index is 11.2. The van der Waals surface area contributed by atoms with Crippen molar-refractivity contribution in [3.05, 3.63) is 0 Å². The number of piperidine rings is 1. The average Bonchev–Trinajstić information content (AvgIpc) is 2.25. The lowest BCUT2D eigenvalue weighted by Crippen LogP contribution is -2.52. The van der Waals surface area contributed by atoms with Gasteiger partial charge in [-0.2, -0.15) is 0 Å². The number of nitrogens with one attached hydrogen (secondary N) is 1. The van der Waals surface area contributed by atoms with E-state index in [1.807, 2.05) is 0 Å². The highest BCUT2D eigenvalue weighted by atomic mass is 16.1. The highest BCUT2D eigenvalue weighted by Crippen LogP contribution is 2.55. The number of amides is 1. The van der Waals surface area contributed by atoms with Crippen molar-refractivity contribution in [1.82, 2.24) is 5.32 Å². The smallest absolute Gasteiger partial charge is 0.220 e. The summed E-state index contributed by atoms with van der Waals surface area (Å²) in [6, 6.07) is 0. The van der Waals surface area contributed by atoms with Gasteiger partial charge < -0.3 is 5.32 Å². The van der Waals surface area contributed by atoms with Crippen LogP contribution in [0.25, 0.3) is 0 Å². The molecule has 1 atom stereocenters. The Morgan fingerprint density at radius 2 is 2.00 bits per heavy atom. The van der Waals surface area contributed by atoms with Gasteiger partial charge in [-0.15, -0.1) is 0 Å². The minimum atomic E-state index is 0.275. The highest BCUT2D eigenvalue weighted by molar-refractivity contribution is 5.76. The molecule has 3 saturated carbocycles. The first-order valence-electron chi connectivity index (χ1n) is 6.05. The largest absolute Gasteiger partial charge is 0.356 e. The Morgan fingerprint density at radius 1 is 1.21 bits per heavy atom. The molecule has 0 aromatic heterocycles. The normalized spacial score (nSPS) is 46.7. The molecule has 1 aliphatic heterocycles. The van der Waals surface area contributed by atoms with E-state index in [9.17, 15) is 4.79 Å². The highest BCUT2D eigenvalue weighted by Gasteiger charge is 2.48. The summed E-state index contributed by atoms with van der Waals surface area (Å²) in [7, 11) is 0. The molecule has 1 unspecified atom stereocenters. The van der Waals surface area contributed by atoms with Gasteiger partial charge in [-0.1, -0.05) is 12.8 Å². The van der Waals surface area contributed by atoms with Gasteiger partial charge >= 0.3 is 0 Å². The molecule has 4 rings (SSSR count). The molecular weight excluding hydrogens is 174 g/mol. The Labute approximate surface area is 85.4 Å². The molecule has 2 nitrogen and oxygen atoms in total. The van der Waals surface area contributed by atoms with Crippen LogP contribution in [0.1, 0.15) is 44.9 Å². The van der Waals surface area contributed by atoms with E-state index in [0.29, 0.717) is 5.41 Å². The van der Waals surface area contributed by atoms with Gasteiger partial charge in [-0.05, 0) is 42.9 Å². The summed E-state index contributed by atoms with van der Waals surface area (Å²) in [6.07, 6.45) is 9.13. The Hall–Kier alpha value is -0.530. The molecule has 1 saturated heterocycles. The molecule has 4 aliphatic rings. The quantitative estimate of drug-likeness (QED) is 0.627. The summed E-state index contributed by atoms with van der Waals surface area (Å²) in [5.41, 5.74) is 0.523. The molecular formula is C12H19NO. The van der Waals surface area contributed by atoms with Crippen LogP contribution in [-0.2, 0) is 4.79 Å². The van der Waals surface area contributed by atoms with Crippen LogP contribution in [0.15, 0.2) is 0 Å². The van der Waals surface area contributed by atoms with E-state index < -0.39 is 0 Å². The molecule has 1 spiro atoms. The lowest BCUT2D eigenvalue weighted by Gasteiger charge is -2.53. The number of carbonyl (C=O) groups excluding carboxylic acids is 1. The van der Waals surface area contributed by atoms with Crippen LogP contribution in [0.2, 0.25) is 0 Å². The number of carbonyl (C=O) groups is 1. The second-order valence-electron chi connectivity index (χ2n) is 5.56. The molecule has 0 aromatic rings. The lowest BCUT2D eigenvalue weighted by atomic mass is 9.54. The summed E-state index contributed by atoms with van der Waals surface area (Å²) in [4.78, 5) is 11.2. The van der Waals surface area contributed by atoms with Crippen LogP contribution in [0.5, 0.6) is 0 Å². The number of fused-ring (bicyclic) bond motifs is 2. The van der Waals surface area contributed by atoms with E-state index >= 15 is 0 Å². The SMILES string of the molecule is O=C1CCC2(CN1)CC1CCC2CC1. The van der Waals surface area contributed by atoms with Gasteiger partial charge in [0.1, 0.15) is 0 Å². The Morgan fingerprint density at radius 3 is 2.50 bits per heavy atom. The fraction of sp³-hybridized carbons (Fsp3) is 0.917. The topological polar surface area (TPSA) is 29.1 Å². The number of rotatable bonds is 0. The van der Waals surface area contributed by atoms with Gasteiger partial charge in [0, 0.05) is 13.0 Å². The standard InChI is InChI=1S/C12H19NO/c14-11-5-6-12(8-13-11)7-9-1-3-10(12)4-2-9/h9-10H,1-8H2,(H,13,14). The minimum Gasteiger partial charge on any atom is -0.356 e. The first kappa shape index (κ1) is 8.75. The maximum atomic E-state index is 11.2. The predicted octanol–water partition coefficient (Wildman–Crippen LogP) is 2.09. The second-order valence-corrected chi connectivity index (χ2v) is 5.56. The molecule has 2 bridgehead atoms. The van der Waals surface area contributed by atoms with Crippen molar-refractivity contribution < 1.29 is 4.79 Å². The van der Waals surface area contributed by atoms with Gasteiger partial charge in [0.2, 0.25) is 5.91 Å². The molecule has 2 heteroatoms. The van der Waals surface area contributed by atoms with E-state index in [1.54, 1.807) is 0 Å². The lowest BCUT2D eigenvalue weighted by molar-refractivity contribution is -0.127. The molecule has 0 radical (unpaired) electrons. The molecule has 78 valence electrons. The minimum absolute atomic E-state index is 0.275. The van der Waals surface area contributed by atoms with Crippen LogP contribution in [-0.4, -0.2) is 12.5 Å². The van der Waals surface area contributed by atoms with Gasteiger partial charge in [0.25, 0.3) is 0 Å². The van der Waals surface area contributed by atoms with Crippen molar-refractivity contribution in [1.29, 1.82) is 0 Å². The van der Waals surface area contributed by atoms with Gasteiger partial charge in [-0.25, -0.2) is 0 Å². The Balaban J connectivity index is 1.79. The zero-order chi connectivity index (χ0) is 9.60. The monoisotopic (exact) mass is 193 g/mol. The van der Waals surface area contributed by atoms with Gasteiger partial charge in [0.15, 0.2) is 0 Å². The maximum Gasteiger partial charge on any atom is 0.220 e. The first-order chi connectivity index (χ1) is 6.78. The molecule has 14 heavy (non-hydrogen) atoms. The first-order valence-corrected chi connectivity index (χ1v) is 6.05. The van der Waals surface area contributed by atoms with E-state index in [0.717, 1.165) is 24.8 Å². The van der Waals surface area contributed by atoms with Crippen LogP contribution >= 0.6 is 0 Å². The Kier molecular flexibility index (Phi) is 1.86. The fourth-order valence-electron chi connectivity index (χ4n) is 4.06. The van der Waals surface area contributed by atoms with Crippen molar-refractivity contribution >= 4 is 5.91 Å². The number of hydrogen-bond acceptors (Lipinski definition) is 1. The van der Waals surface area contributed by atoms with E-state index in [1.165, 1.54) is 38.5 Å². The van der Waals surface area contributed by atoms with Crippen molar-refractivity contribution in [2.45, 2.75) is 44.9 Å². The average molecular weight is 193 g/mol. The predicted molar refractivity (Wildman–Crippen MR) is 54.7 cm³/mol. The molecule has 3 aliphatic carbocycles. The molecule has 4 fully saturated rings. The van der Waals surface area contributed by atoms with Crippen LogP contribution in [0.4, 0.5) is 0 Å².